The topological polar surface area (TPSA) is 32.3 Å². The van der Waals surface area contributed by atoms with Gasteiger partial charge in [-0.15, -0.1) is 0 Å². The molecule has 0 spiro atoms. The van der Waals surface area contributed by atoms with Crippen LogP contribution in [0.4, 0.5) is 0 Å². The second-order valence-corrected chi connectivity index (χ2v) is 5.49. The zero-order chi connectivity index (χ0) is 13.8. The molecule has 1 aromatic carbocycles. The van der Waals surface area contributed by atoms with Gasteiger partial charge in [0.1, 0.15) is 0 Å². The van der Waals surface area contributed by atoms with E-state index >= 15 is 0 Å². The highest BCUT2D eigenvalue weighted by Gasteiger charge is 2.36. The van der Waals surface area contributed by atoms with E-state index in [0.717, 1.165) is 30.0 Å². The molecule has 0 bridgehead atoms. The Labute approximate surface area is 119 Å². The zero-order valence-electron chi connectivity index (χ0n) is 11.5. The Hall–Kier alpha value is -1.06. The first kappa shape index (κ1) is 14.4. The number of carbonyl (C=O) groups excluding carboxylic acids is 1. The lowest BCUT2D eigenvalue weighted by atomic mass is 10.1. The number of hydrogen-bond donors (Lipinski definition) is 1. The average Bonchev–Trinajstić information content (AvgIpc) is 3.21. The van der Waals surface area contributed by atoms with Crippen LogP contribution in [0.15, 0.2) is 24.3 Å². The molecule has 3 nitrogen and oxygen atoms in total. The highest BCUT2D eigenvalue weighted by Crippen LogP contribution is 2.36. The summed E-state index contributed by atoms with van der Waals surface area (Å²) in [6, 6.07) is 8.23. The summed E-state index contributed by atoms with van der Waals surface area (Å²) in [5.41, 5.74) is 1.04. The SMILES string of the molecule is CNCCC(=O)N(C1CC1)C(C)c1ccccc1Cl. The molecular formula is C15H21ClN2O. The van der Waals surface area contributed by atoms with Crippen LogP contribution in [0.25, 0.3) is 0 Å². The van der Waals surface area contributed by atoms with Crippen LogP contribution in [-0.4, -0.2) is 30.4 Å². The van der Waals surface area contributed by atoms with Crippen LogP contribution in [0.5, 0.6) is 0 Å². The molecule has 104 valence electrons. The van der Waals surface area contributed by atoms with E-state index < -0.39 is 0 Å². The van der Waals surface area contributed by atoms with Gasteiger partial charge in [-0.3, -0.25) is 4.79 Å². The maximum Gasteiger partial charge on any atom is 0.224 e. The number of hydrogen-bond acceptors (Lipinski definition) is 2. The Morgan fingerprint density at radius 3 is 2.74 bits per heavy atom. The predicted octanol–water partition coefficient (Wildman–Crippen LogP) is 3.00. The van der Waals surface area contributed by atoms with Gasteiger partial charge in [-0.25, -0.2) is 0 Å². The van der Waals surface area contributed by atoms with Gasteiger partial charge in [-0.2, -0.15) is 0 Å². The summed E-state index contributed by atoms with van der Waals surface area (Å²) in [7, 11) is 1.87. The lowest BCUT2D eigenvalue weighted by molar-refractivity contribution is -0.133. The van der Waals surface area contributed by atoms with Crippen LogP contribution < -0.4 is 5.32 Å². The largest absolute Gasteiger partial charge is 0.333 e. The summed E-state index contributed by atoms with van der Waals surface area (Å²) in [5.74, 6) is 0.212. The van der Waals surface area contributed by atoms with Crippen molar-refractivity contribution in [3.63, 3.8) is 0 Å². The van der Waals surface area contributed by atoms with Gasteiger partial charge >= 0.3 is 0 Å². The first-order valence-electron chi connectivity index (χ1n) is 6.85. The smallest absolute Gasteiger partial charge is 0.224 e. The predicted molar refractivity (Wildman–Crippen MR) is 78.3 cm³/mol. The van der Waals surface area contributed by atoms with Crippen molar-refractivity contribution < 1.29 is 4.79 Å². The number of benzene rings is 1. The minimum Gasteiger partial charge on any atom is -0.333 e. The van der Waals surface area contributed by atoms with E-state index in [-0.39, 0.29) is 11.9 Å². The molecule has 0 aromatic heterocycles. The molecule has 1 aliphatic carbocycles. The zero-order valence-corrected chi connectivity index (χ0v) is 12.3. The first-order chi connectivity index (χ1) is 9.15. The highest BCUT2D eigenvalue weighted by molar-refractivity contribution is 6.31. The maximum atomic E-state index is 12.4. The van der Waals surface area contributed by atoms with E-state index in [1.807, 2.05) is 36.2 Å². The molecule has 0 aliphatic heterocycles. The van der Waals surface area contributed by atoms with Crippen LogP contribution >= 0.6 is 11.6 Å². The second kappa shape index (κ2) is 6.40. The minimum absolute atomic E-state index is 0.0468. The van der Waals surface area contributed by atoms with Crippen molar-refractivity contribution in [3.8, 4) is 0 Å². The van der Waals surface area contributed by atoms with E-state index in [4.69, 9.17) is 11.6 Å². The number of amides is 1. The summed E-state index contributed by atoms with van der Waals surface area (Å²) < 4.78 is 0. The quantitative estimate of drug-likeness (QED) is 0.869. The monoisotopic (exact) mass is 280 g/mol. The number of rotatable bonds is 6. The lowest BCUT2D eigenvalue weighted by Gasteiger charge is -2.30. The molecule has 4 heteroatoms. The molecule has 1 aromatic rings. The molecule has 19 heavy (non-hydrogen) atoms. The van der Waals surface area contributed by atoms with Crippen LogP contribution in [0.1, 0.15) is 37.8 Å². The molecule has 1 amide bonds. The molecule has 1 saturated carbocycles. The fourth-order valence-electron chi connectivity index (χ4n) is 2.41. The molecule has 1 fully saturated rings. The van der Waals surface area contributed by atoms with Gasteiger partial charge in [0.2, 0.25) is 5.91 Å². The average molecular weight is 281 g/mol. The first-order valence-corrected chi connectivity index (χ1v) is 7.23. The van der Waals surface area contributed by atoms with E-state index in [0.29, 0.717) is 12.5 Å². The molecular weight excluding hydrogens is 260 g/mol. The Morgan fingerprint density at radius 1 is 1.47 bits per heavy atom. The second-order valence-electron chi connectivity index (χ2n) is 5.08. The Morgan fingerprint density at radius 2 is 2.16 bits per heavy atom. The summed E-state index contributed by atoms with van der Waals surface area (Å²) in [6.07, 6.45) is 2.77. The third kappa shape index (κ3) is 3.48. The highest BCUT2D eigenvalue weighted by atomic mass is 35.5. The summed E-state index contributed by atoms with van der Waals surface area (Å²) in [5, 5.41) is 3.77. The third-order valence-corrected chi connectivity index (χ3v) is 3.93. The summed E-state index contributed by atoms with van der Waals surface area (Å²) in [6.45, 7) is 2.79. The van der Waals surface area contributed by atoms with Crippen molar-refractivity contribution in [3.05, 3.63) is 34.9 Å². The molecule has 1 atom stereocenters. The maximum absolute atomic E-state index is 12.4. The van der Waals surface area contributed by atoms with Gasteiger partial charge in [-0.05, 0) is 38.4 Å². The van der Waals surface area contributed by atoms with E-state index in [1.165, 1.54) is 0 Å². The molecule has 1 N–H and O–H groups in total. The normalized spacial score (nSPS) is 16.2. The van der Waals surface area contributed by atoms with Crippen LogP contribution in [0.2, 0.25) is 5.02 Å². The molecule has 0 heterocycles. The van der Waals surface area contributed by atoms with E-state index in [1.54, 1.807) is 0 Å². The molecule has 0 radical (unpaired) electrons. The fraction of sp³-hybridized carbons (Fsp3) is 0.533. The van der Waals surface area contributed by atoms with Crippen molar-refractivity contribution in [2.24, 2.45) is 0 Å². The summed E-state index contributed by atoms with van der Waals surface area (Å²) in [4.78, 5) is 14.4. The van der Waals surface area contributed by atoms with Crippen molar-refractivity contribution in [2.75, 3.05) is 13.6 Å². The van der Waals surface area contributed by atoms with Gasteiger partial charge in [0.05, 0.1) is 6.04 Å². The summed E-state index contributed by atoms with van der Waals surface area (Å²) >= 11 is 6.25. The number of nitrogens with one attached hydrogen (secondary N) is 1. The minimum atomic E-state index is 0.0468. The Kier molecular flexibility index (Phi) is 4.83. The van der Waals surface area contributed by atoms with Crippen LogP contribution in [0, 0.1) is 0 Å². The van der Waals surface area contributed by atoms with E-state index in [2.05, 4.69) is 12.2 Å². The van der Waals surface area contributed by atoms with Crippen LogP contribution in [-0.2, 0) is 4.79 Å². The Balaban J connectivity index is 2.15. The van der Waals surface area contributed by atoms with Crippen LogP contribution in [0.3, 0.4) is 0 Å². The molecule has 0 saturated heterocycles. The molecule has 2 rings (SSSR count). The van der Waals surface area contributed by atoms with Crippen molar-refractivity contribution in [1.82, 2.24) is 10.2 Å². The van der Waals surface area contributed by atoms with Gasteiger partial charge in [-0.1, -0.05) is 29.8 Å². The van der Waals surface area contributed by atoms with Gasteiger partial charge < -0.3 is 10.2 Å². The van der Waals surface area contributed by atoms with Gasteiger partial charge in [0, 0.05) is 24.0 Å². The Bertz CT molecular complexity index is 446. The fourth-order valence-corrected chi connectivity index (χ4v) is 2.71. The van der Waals surface area contributed by atoms with Gasteiger partial charge in [0.15, 0.2) is 0 Å². The number of nitrogens with zero attached hydrogens (tertiary/aromatic N) is 1. The van der Waals surface area contributed by atoms with E-state index in [9.17, 15) is 4.79 Å². The number of halogens is 1. The third-order valence-electron chi connectivity index (χ3n) is 3.59. The molecule has 1 aliphatic rings. The van der Waals surface area contributed by atoms with Gasteiger partial charge in [0.25, 0.3) is 0 Å². The van der Waals surface area contributed by atoms with Crippen molar-refractivity contribution in [2.45, 2.75) is 38.3 Å². The standard InChI is InChI=1S/C15H21ClN2O/c1-11(13-5-3-4-6-14(13)16)18(12-7-8-12)15(19)9-10-17-2/h3-6,11-12,17H,7-10H2,1-2H3. The van der Waals surface area contributed by atoms with Crippen molar-refractivity contribution in [1.29, 1.82) is 0 Å². The van der Waals surface area contributed by atoms with Crippen molar-refractivity contribution >= 4 is 17.5 Å². The molecule has 1 unspecified atom stereocenters. The number of carbonyl (C=O) groups is 1. The lowest BCUT2D eigenvalue weighted by Crippen LogP contribution is -2.37.